The summed E-state index contributed by atoms with van der Waals surface area (Å²) >= 11 is 6.12. The molecular formula is C15H20ClNO. The predicted molar refractivity (Wildman–Crippen MR) is 75.3 cm³/mol. The second kappa shape index (κ2) is 5.02. The third kappa shape index (κ3) is 2.19. The summed E-state index contributed by atoms with van der Waals surface area (Å²) in [5.41, 5.74) is 1.48. The molecule has 98 valence electrons. The molecular weight excluding hydrogens is 246 g/mol. The van der Waals surface area contributed by atoms with Crippen LogP contribution in [0.5, 0.6) is 0 Å². The molecule has 0 aromatic heterocycles. The maximum atomic E-state index is 12.8. The van der Waals surface area contributed by atoms with Crippen LogP contribution in [0, 0.1) is 18.3 Å². The fourth-order valence-electron chi connectivity index (χ4n) is 2.68. The van der Waals surface area contributed by atoms with Crippen LogP contribution >= 0.6 is 11.6 Å². The van der Waals surface area contributed by atoms with Gasteiger partial charge >= 0.3 is 0 Å². The van der Waals surface area contributed by atoms with Gasteiger partial charge in [-0.05, 0) is 37.4 Å². The lowest BCUT2D eigenvalue weighted by atomic mass is 9.71. The summed E-state index contributed by atoms with van der Waals surface area (Å²) in [5.74, 6) is 0.560. The topological polar surface area (TPSA) is 29.1 Å². The molecule has 0 radical (unpaired) electrons. The van der Waals surface area contributed by atoms with E-state index in [0.29, 0.717) is 10.9 Å². The quantitative estimate of drug-likeness (QED) is 0.848. The molecule has 0 amide bonds. The van der Waals surface area contributed by atoms with E-state index in [9.17, 15) is 4.79 Å². The molecule has 1 aliphatic rings. The molecule has 1 atom stereocenters. The summed E-state index contributed by atoms with van der Waals surface area (Å²) < 4.78 is 0. The molecule has 1 heterocycles. The van der Waals surface area contributed by atoms with Crippen molar-refractivity contribution in [3.8, 4) is 0 Å². The fourth-order valence-corrected chi connectivity index (χ4v) is 2.86. The summed E-state index contributed by atoms with van der Waals surface area (Å²) in [5, 5.41) is 3.99. The molecule has 1 N–H and O–H groups in total. The number of nitrogens with one attached hydrogen (secondary N) is 1. The van der Waals surface area contributed by atoms with Gasteiger partial charge in [0.05, 0.1) is 0 Å². The standard InChI is InChI=1S/C15H20ClNO/c1-10(2)15(6-7-17-9-15)14(18)12-5-4-11(3)13(16)8-12/h4-5,8,10,17H,6-7,9H2,1-3H3. The van der Waals surface area contributed by atoms with Gasteiger partial charge in [0, 0.05) is 22.5 Å². The van der Waals surface area contributed by atoms with Gasteiger partial charge in [-0.15, -0.1) is 0 Å². The van der Waals surface area contributed by atoms with Crippen molar-refractivity contribution in [2.45, 2.75) is 27.2 Å². The Bertz CT molecular complexity index is 462. The Morgan fingerprint density at radius 2 is 2.17 bits per heavy atom. The van der Waals surface area contributed by atoms with E-state index in [1.54, 1.807) is 0 Å². The van der Waals surface area contributed by atoms with Crippen LogP contribution in [-0.2, 0) is 0 Å². The molecule has 2 nitrogen and oxygen atoms in total. The molecule has 1 unspecified atom stereocenters. The number of Topliss-reactive ketones (excluding diaryl/α,β-unsaturated/α-hetero) is 1. The highest BCUT2D eigenvalue weighted by Crippen LogP contribution is 2.38. The van der Waals surface area contributed by atoms with Crippen molar-refractivity contribution in [1.82, 2.24) is 5.32 Å². The molecule has 1 aliphatic heterocycles. The van der Waals surface area contributed by atoms with Gasteiger partial charge in [0.1, 0.15) is 0 Å². The Kier molecular flexibility index (Phi) is 3.79. The number of rotatable bonds is 3. The monoisotopic (exact) mass is 265 g/mol. The first-order valence-corrected chi connectivity index (χ1v) is 6.87. The van der Waals surface area contributed by atoms with E-state index >= 15 is 0 Å². The number of benzene rings is 1. The van der Waals surface area contributed by atoms with Crippen LogP contribution in [0.3, 0.4) is 0 Å². The minimum absolute atomic E-state index is 0.226. The molecule has 0 spiro atoms. The highest BCUT2D eigenvalue weighted by atomic mass is 35.5. The van der Waals surface area contributed by atoms with Gasteiger partial charge < -0.3 is 5.32 Å². The Morgan fingerprint density at radius 1 is 1.44 bits per heavy atom. The number of aryl methyl sites for hydroxylation is 1. The molecule has 18 heavy (non-hydrogen) atoms. The van der Waals surface area contributed by atoms with Crippen LogP contribution in [-0.4, -0.2) is 18.9 Å². The van der Waals surface area contributed by atoms with E-state index in [2.05, 4.69) is 19.2 Å². The third-order valence-corrected chi connectivity index (χ3v) is 4.59. The predicted octanol–water partition coefficient (Wildman–Crippen LogP) is 3.47. The summed E-state index contributed by atoms with van der Waals surface area (Å²) in [6, 6.07) is 5.62. The molecule has 0 saturated carbocycles. The highest BCUT2D eigenvalue weighted by molar-refractivity contribution is 6.31. The fraction of sp³-hybridized carbons (Fsp3) is 0.533. The maximum absolute atomic E-state index is 12.8. The van der Waals surface area contributed by atoms with E-state index in [1.807, 2.05) is 25.1 Å². The van der Waals surface area contributed by atoms with Crippen LogP contribution < -0.4 is 5.32 Å². The van der Waals surface area contributed by atoms with E-state index in [0.717, 1.165) is 30.6 Å². The van der Waals surface area contributed by atoms with Gasteiger partial charge in [-0.1, -0.05) is 37.6 Å². The van der Waals surface area contributed by atoms with E-state index < -0.39 is 0 Å². The van der Waals surface area contributed by atoms with Gasteiger partial charge in [-0.3, -0.25) is 4.79 Å². The number of ketones is 1. The Morgan fingerprint density at radius 3 is 2.67 bits per heavy atom. The van der Waals surface area contributed by atoms with Gasteiger partial charge in [0.2, 0.25) is 0 Å². The first-order chi connectivity index (χ1) is 8.47. The summed E-state index contributed by atoms with van der Waals surface area (Å²) in [4.78, 5) is 12.8. The Labute approximate surface area is 114 Å². The number of carbonyl (C=O) groups excluding carboxylic acids is 1. The van der Waals surface area contributed by atoms with Crippen molar-refractivity contribution in [2.24, 2.45) is 11.3 Å². The Balaban J connectivity index is 2.37. The first-order valence-electron chi connectivity index (χ1n) is 6.49. The lowest BCUT2D eigenvalue weighted by Crippen LogP contribution is -2.38. The van der Waals surface area contributed by atoms with Gasteiger partial charge in [-0.2, -0.15) is 0 Å². The van der Waals surface area contributed by atoms with Gasteiger partial charge in [-0.25, -0.2) is 0 Å². The molecule has 0 aliphatic carbocycles. The van der Waals surface area contributed by atoms with E-state index in [-0.39, 0.29) is 11.2 Å². The van der Waals surface area contributed by atoms with Crippen LogP contribution in [0.2, 0.25) is 5.02 Å². The molecule has 3 heteroatoms. The number of hydrogen-bond acceptors (Lipinski definition) is 2. The Hall–Kier alpha value is -0.860. The minimum Gasteiger partial charge on any atom is -0.316 e. The molecule has 0 bridgehead atoms. The summed E-state index contributed by atoms with van der Waals surface area (Å²) in [6.45, 7) is 7.89. The molecule has 1 aromatic carbocycles. The zero-order chi connectivity index (χ0) is 13.3. The normalized spacial score (nSPS) is 23.6. The second-order valence-electron chi connectivity index (χ2n) is 5.53. The largest absolute Gasteiger partial charge is 0.316 e. The van der Waals surface area contributed by atoms with Crippen molar-refractivity contribution in [2.75, 3.05) is 13.1 Å². The molecule has 2 rings (SSSR count). The van der Waals surface area contributed by atoms with Crippen LogP contribution in [0.25, 0.3) is 0 Å². The van der Waals surface area contributed by atoms with Crippen molar-refractivity contribution >= 4 is 17.4 Å². The van der Waals surface area contributed by atoms with Crippen LogP contribution in [0.15, 0.2) is 18.2 Å². The summed E-state index contributed by atoms with van der Waals surface area (Å²) in [7, 11) is 0. The molecule has 1 aromatic rings. The van der Waals surface area contributed by atoms with Gasteiger partial charge in [0.15, 0.2) is 5.78 Å². The lowest BCUT2D eigenvalue weighted by Gasteiger charge is -2.31. The highest BCUT2D eigenvalue weighted by Gasteiger charge is 2.43. The first kappa shape index (κ1) is 13.6. The van der Waals surface area contributed by atoms with Crippen molar-refractivity contribution in [1.29, 1.82) is 0 Å². The minimum atomic E-state index is -0.265. The van der Waals surface area contributed by atoms with E-state index in [4.69, 9.17) is 11.6 Å². The van der Waals surface area contributed by atoms with Crippen molar-refractivity contribution in [3.05, 3.63) is 34.3 Å². The van der Waals surface area contributed by atoms with Crippen molar-refractivity contribution < 1.29 is 4.79 Å². The van der Waals surface area contributed by atoms with Crippen molar-refractivity contribution in [3.63, 3.8) is 0 Å². The average Bonchev–Trinajstić information content (AvgIpc) is 2.82. The zero-order valence-corrected chi connectivity index (χ0v) is 12.0. The third-order valence-electron chi connectivity index (χ3n) is 4.18. The SMILES string of the molecule is Cc1ccc(C(=O)C2(C(C)C)CCNC2)cc1Cl. The summed E-state index contributed by atoms with van der Waals surface area (Å²) in [6.07, 6.45) is 0.912. The number of halogens is 1. The second-order valence-corrected chi connectivity index (χ2v) is 5.94. The van der Waals surface area contributed by atoms with Crippen LogP contribution in [0.1, 0.15) is 36.2 Å². The smallest absolute Gasteiger partial charge is 0.170 e. The number of carbonyl (C=O) groups is 1. The average molecular weight is 266 g/mol. The zero-order valence-electron chi connectivity index (χ0n) is 11.2. The molecule has 1 fully saturated rings. The van der Waals surface area contributed by atoms with E-state index in [1.165, 1.54) is 0 Å². The number of hydrogen-bond donors (Lipinski definition) is 1. The van der Waals surface area contributed by atoms with Gasteiger partial charge in [0.25, 0.3) is 0 Å². The molecule has 1 saturated heterocycles. The van der Waals surface area contributed by atoms with Crippen LogP contribution in [0.4, 0.5) is 0 Å². The lowest BCUT2D eigenvalue weighted by molar-refractivity contribution is 0.0740. The maximum Gasteiger partial charge on any atom is 0.170 e.